The first-order chi connectivity index (χ1) is 4.43. The quantitative estimate of drug-likeness (QED) is 0.430. The van der Waals surface area contributed by atoms with Gasteiger partial charge < -0.3 is 4.74 Å². The van der Waals surface area contributed by atoms with Gasteiger partial charge in [-0.1, -0.05) is 0 Å². The molecule has 54 valence electrons. The highest BCUT2D eigenvalue weighted by atomic mass is 16.7. The molecule has 0 heterocycles. The molecule has 0 bridgehead atoms. The van der Waals surface area contributed by atoms with Crippen LogP contribution in [0.15, 0.2) is 0 Å². The third kappa shape index (κ3) is 3.46. The van der Waals surface area contributed by atoms with Gasteiger partial charge in [-0.05, 0) is 12.8 Å². The Bertz CT molecular complexity index is 73.5. The lowest BCUT2D eigenvalue weighted by atomic mass is 10.8. The van der Waals surface area contributed by atoms with E-state index < -0.39 is 0 Å². The van der Waals surface area contributed by atoms with Gasteiger partial charge in [-0.15, -0.1) is 0 Å². The van der Waals surface area contributed by atoms with Crippen molar-refractivity contribution in [3.05, 3.63) is 0 Å². The lowest BCUT2D eigenvalue weighted by Crippen LogP contribution is -2.19. The van der Waals surface area contributed by atoms with E-state index in [-0.39, 0.29) is 0 Å². The molecule has 0 aromatic carbocycles. The van der Waals surface area contributed by atoms with E-state index in [1.165, 1.54) is 12.8 Å². The van der Waals surface area contributed by atoms with Gasteiger partial charge in [0.15, 0.2) is 0 Å². The van der Waals surface area contributed by atoms with E-state index in [1.807, 2.05) is 0 Å². The zero-order valence-corrected chi connectivity index (χ0v) is 5.72. The van der Waals surface area contributed by atoms with Crippen LogP contribution in [0.3, 0.4) is 0 Å². The fourth-order valence-corrected chi connectivity index (χ4v) is 0.503. The summed E-state index contributed by atoms with van der Waals surface area (Å²) in [4.78, 5) is 5.02. The van der Waals surface area contributed by atoms with Gasteiger partial charge in [-0.3, -0.25) is 4.84 Å². The van der Waals surface area contributed by atoms with Crippen LogP contribution in [0.5, 0.6) is 0 Å². The van der Waals surface area contributed by atoms with E-state index in [0.29, 0.717) is 19.3 Å². The van der Waals surface area contributed by atoms with Crippen molar-refractivity contribution in [3.63, 3.8) is 0 Å². The van der Waals surface area contributed by atoms with Crippen LogP contribution in [0.1, 0.15) is 12.8 Å². The number of nitrogens with one attached hydrogen (secondary N) is 1. The Hall–Kier alpha value is -0.120. The van der Waals surface area contributed by atoms with Gasteiger partial charge >= 0.3 is 0 Å². The first kappa shape index (κ1) is 6.99. The molecule has 1 aliphatic carbocycles. The van der Waals surface area contributed by atoms with Gasteiger partial charge in [-0.2, -0.15) is 5.48 Å². The number of hydroxylamine groups is 1. The van der Waals surface area contributed by atoms with Gasteiger partial charge in [0.05, 0.1) is 13.2 Å². The van der Waals surface area contributed by atoms with Gasteiger partial charge in [0, 0.05) is 13.2 Å². The van der Waals surface area contributed by atoms with Gasteiger partial charge in [-0.25, -0.2) is 0 Å². The van der Waals surface area contributed by atoms with E-state index in [2.05, 4.69) is 5.48 Å². The minimum absolute atomic E-state index is 0.627. The molecular weight excluding hydrogens is 118 g/mol. The summed E-state index contributed by atoms with van der Waals surface area (Å²) >= 11 is 0. The van der Waals surface area contributed by atoms with Crippen LogP contribution < -0.4 is 5.48 Å². The molecule has 0 radical (unpaired) electrons. The Kier molecular flexibility index (Phi) is 2.97. The lowest BCUT2D eigenvalue weighted by molar-refractivity contribution is 0.00333. The Balaban J connectivity index is 1.71. The third-order valence-corrected chi connectivity index (χ3v) is 1.22. The van der Waals surface area contributed by atoms with Crippen molar-refractivity contribution in [3.8, 4) is 0 Å². The van der Waals surface area contributed by atoms with Crippen LogP contribution in [0, 0.1) is 0 Å². The van der Waals surface area contributed by atoms with Crippen molar-refractivity contribution < 1.29 is 9.57 Å². The molecular formula is C6H13NO2. The van der Waals surface area contributed by atoms with Crippen LogP contribution in [0.25, 0.3) is 0 Å². The van der Waals surface area contributed by atoms with Crippen LogP contribution in [0.4, 0.5) is 0 Å². The molecule has 1 fully saturated rings. The summed E-state index contributed by atoms with van der Waals surface area (Å²) < 4.78 is 4.78. The Morgan fingerprint density at radius 2 is 2.22 bits per heavy atom. The number of methoxy groups -OCH3 is 1. The number of hydrogen-bond donors (Lipinski definition) is 1. The highest BCUT2D eigenvalue weighted by molar-refractivity contribution is 4.76. The van der Waals surface area contributed by atoms with Crippen molar-refractivity contribution in [2.45, 2.75) is 18.9 Å². The molecule has 1 N–H and O–H groups in total. The topological polar surface area (TPSA) is 30.5 Å². The largest absolute Gasteiger partial charge is 0.382 e. The Labute approximate surface area is 55.3 Å². The fraction of sp³-hybridized carbons (Fsp3) is 1.00. The monoisotopic (exact) mass is 131 g/mol. The molecule has 3 nitrogen and oxygen atoms in total. The summed E-state index contributed by atoms with van der Waals surface area (Å²) in [6, 6.07) is 0.627. The molecule has 0 spiro atoms. The van der Waals surface area contributed by atoms with Crippen LogP contribution in [0.2, 0.25) is 0 Å². The molecule has 3 heteroatoms. The highest BCUT2D eigenvalue weighted by Crippen LogP contribution is 2.18. The first-order valence-electron chi connectivity index (χ1n) is 3.29. The number of ether oxygens (including phenoxy) is 1. The zero-order valence-electron chi connectivity index (χ0n) is 5.72. The minimum atomic E-state index is 0.627. The maximum atomic E-state index is 5.02. The minimum Gasteiger partial charge on any atom is -0.382 e. The van der Waals surface area contributed by atoms with Crippen LogP contribution in [-0.2, 0) is 9.57 Å². The SMILES string of the molecule is COCCONC1CC1. The van der Waals surface area contributed by atoms with E-state index in [9.17, 15) is 0 Å². The van der Waals surface area contributed by atoms with E-state index in [1.54, 1.807) is 7.11 Å². The first-order valence-corrected chi connectivity index (χ1v) is 3.29. The second-order valence-electron chi connectivity index (χ2n) is 2.23. The number of hydrogen-bond acceptors (Lipinski definition) is 3. The second kappa shape index (κ2) is 3.82. The summed E-state index contributed by atoms with van der Waals surface area (Å²) in [6.07, 6.45) is 2.51. The predicted octanol–water partition coefficient (Wildman–Crippen LogP) is 0.316. The fourth-order valence-electron chi connectivity index (χ4n) is 0.503. The van der Waals surface area contributed by atoms with Crippen molar-refractivity contribution in [1.82, 2.24) is 5.48 Å². The van der Waals surface area contributed by atoms with Crippen LogP contribution >= 0.6 is 0 Å². The average molecular weight is 131 g/mol. The third-order valence-electron chi connectivity index (χ3n) is 1.22. The zero-order chi connectivity index (χ0) is 6.53. The van der Waals surface area contributed by atoms with Crippen molar-refractivity contribution in [2.75, 3.05) is 20.3 Å². The average Bonchev–Trinajstić information content (AvgIpc) is 2.63. The maximum Gasteiger partial charge on any atom is 0.0915 e. The molecule has 0 aromatic heterocycles. The van der Waals surface area contributed by atoms with E-state index in [0.717, 1.165) is 0 Å². The van der Waals surface area contributed by atoms with Crippen molar-refractivity contribution in [1.29, 1.82) is 0 Å². The van der Waals surface area contributed by atoms with E-state index >= 15 is 0 Å². The smallest absolute Gasteiger partial charge is 0.0915 e. The summed E-state index contributed by atoms with van der Waals surface area (Å²) in [5.74, 6) is 0. The van der Waals surface area contributed by atoms with Gasteiger partial charge in [0.2, 0.25) is 0 Å². The van der Waals surface area contributed by atoms with Crippen LogP contribution in [-0.4, -0.2) is 26.4 Å². The summed E-state index contributed by atoms with van der Waals surface area (Å²) in [5.41, 5.74) is 2.91. The molecule has 1 saturated carbocycles. The summed E-state index contributed by atoms with van der Waals surface area (Å²) in [5, 5.41) is 0. The van der Waals surface area contributed by atoms with Gasteiger partial charge in [0.25, 0.3) is 0 Å². The Morgan fingerprint density at radius 1 is 1.44 bits per heavy atom. The molecule has 0 atom stereocenters. The normalized spacial score (nSPS) is 18.3. The van der Waals surface area contributed by atoms with E-state index in [4.69, 9.17) is 9.57 Å². The molecule has 9 heavy (non-hydrogen) atoms. The number of rotatable bonds is 5. The molecule has 0 amide bonds. The summed E-state index contributed by atoms with van der Waals surface area (Å²) in [7, 11) is 1.67. The Morgan fingerprint density at radius 3 is 2.78 bits per heavy atom. The molecule has 1 rings (SSSR count). The molecule has 0 unspecified atom stereocenters. The van der Waals surface area contributed by atoms with Gasteiger partial charge in [0.1, 0.15) is 0 Å². The molecule has 0 aromatic rings. The lowest BCUT2D eigenvalue weighted by Gasteiger charge is -2.01. The highest BCUT2D eigenvalue weighted by Gasteiger charge is 2.20. The predicted molar refractivity (Wildman–Crippen MR) is 34.0 cm³/mol. The van der Waals surface area contributed by atoms with Crippen molar-refractivity contribution >= 4 is 0 Å². The molecule has 0 aliphatic heterocycles. The molecule has 1 aliphatic rings. The maximum absolute atomic E-state index is 5.02. The second-order valence-corrected chi connectivity index (χ2v) is 2.23. The standard InChI is InChI=1S/C6H13NO2/c1-8-4-5-9-7-6-2-3-6/h6-7H,2-5H2,1H3. The molecule has 0 saturated heterocycles. The summed E-state index contributed by atoms with van der Waals surface area (Å²) in [6.45, 7) is 1.31. The van der Waals surface area contributed by atoms with Crippen molar-refractivity contribution in [2.24, 2.45) is 0 Å².